The van der Waals surface area contributed by atoms with E-state index in [1.54, 1.807) is 0 Å². The lowest BCUT2D eigenvalue weighted by Gasteiger charge is -2.30. The third-order valence-electron chi connectivity index (χ3n) is 3.23. The van der Waals surface area contributed by atoms with Gasteiger partial charge in [-0.2, -0.15) is 0 Å². The van der Waals surface area contributed by atoms with Gasteiger partial charge in [-0.15, -0.1) is 0 Å². The molecule has 2 aliphatic rings. The molecule has 0 radical (unpaired) electrons. The molecule has 0 aromatic carbocycles. The van der Waals surface area contributed by atoms with Crippen molar-refractivity contribution in [3.8, 4) is 0 Å². The van der Waals surface area contributed by atoms with E-state index in [0.29, 0.717) is 6.54 Å². The topological polar surface area (TPSA) is 47.9 Å². The average molecular weight is 209 g/mol. The third kappa shape index (κ3) is 2.15. The molecular formula is C11H19N3O. The maximum Gasteiger partial charge on any atom is 0.194 e. The van der Waals surface area contributed by atoms with E-state index < -0.39 is 0 Å². The standard InChI is InChI=1S/C11H19N3O/c1-8-3-4-14(6-9(8)2)11-12-5-10(7-15)13-11/h10,15H,3-7H2,1-2H3,(H,12,13)/t10-/m0/s1. The Hall–Kier alpha value is -1.03. The summed E-state index contributed by atoms with van der Waals surface area (Å²) >= 11 is 0. The number of hydrogen-bond acceptors (Lipinski definition) is 4. The van der Waals surface area contributed by atoms with Crippen LogP contribution in [-0.4, -0.2) is 48.2 Å². The minimum Gasteiger partial charge on any atom is -0.394 e. The monoisotopic (exact) mass is 209 g/mol. The molecular weight excluding hydrogens is 190 g/mol. The second kappa shape index (κ2) is 4.23. The van der Waals surface area contributed by atoms with Gasteiger partial charge >= 0.3 is 0 Å². The summed E-state index contributed by atoms with van der Waals surface area (Å²) in [6, 6.07) is 0.118. The van der Waals surface area contributed by atoms with Gasteiger partial charge in [0.05, 0.1) is 19.2 Å². The van der Waals surface area contributed by atoms with Crippen LogP contribution in [0.3, 0.4) is 0 Å². The molecule has 0 aromatic heterocycles. The number of aliphatic hydroxyl groups is 1. The van der Waals surface area contributed by atoms with Crippen molar-refractivity contribution in [2.45, 2.75) is 26.3 Å². The van der Waals surface area contributed by atoms with Gasteiger partial charge in [-0.1, -0.05) is 11.1 Å². The van der Waals surface area contributed by atoms with E-state index >= 15 is 0 Å². The van der Waals surface area contributed by atoms with Crippen LogP contribution in [0.4, 0.5) is 0 Å². The second-order valence-electron chi connectivity index (χ2n) is 4.42. The van der Waals surface area contributed by atoms with Crippen molar-refractivity contribution in [1.29, 1.82) is 0 Å². The molecule has 0 fully saturated rings. The first-order chi connectivity index (χ1) is 7.20. The van der Waals surface area contributed by atoms with E-state index in [2.05, 4.69) is 29.1 Å². The van der Waals surface area contributed by atoms with Crippen LogP contribution in [0.1, 0.15) is 20.3 Å². The molecule has 84 valence electrons. The first-order valence-corrected chi connectivity index (χ1v) is 5.52. The first-order valence-electron chi connectivity index (χ1n) is 5.52. The Bertz CT molecular complexity index is 309. The zero-order valence-electron chi connectivity index (χ0n) is 9.45. The summed E-state index contributed by atoms with van der Waals surface area (Å²) < 4.78 is 0. The highest BCUT2D eigenvalue weighted by Gasteiger charge is 2.23. The Morgan fingerprint density at radius 2 is 2.27 bits per heavy atom. The molecule has 0 bridgehead atoms. The number of hydrogen-bond donors (Lipinski definition) is 2. The van der Waals surface area contributed by atoms with E-state index in [1.165, 1.54) is 11.1 Å². The number of guanidine groups is 1. The fraction of sp³-hybridized carbons (Fsp3) is 0.727. The molecule has 2 heterocycles. The van der Waals surface area contributed by atoms with Crippen LogP contribution in [-0.2, 0) is 0 Å². The molecule has 0 saturated heterocycles. The molecule has 0 spiro atoms. The Morgan fingerprint density at radius 3 is 2.87 bits per heavy atom. The predicted octanol–water partition coefficient (Wildman–Crippen LogP) is 0.349. The molecule has 0 aliphatic carbocycles. The highest BCUT2D eigenvalue weighted by molar-refractivity contribution is 5.82. The zero-order chi connectivity index (χ0) is 10.8. The van der Waals surface area contributed by atoms with E-state index in [-0.39, 0.29) is 12.6 Å². The lowest BCUT2D eigenvalue weighted by molar-refractivity contribution is 0.261. The van der Waals surface area contributed by atoms with Crippen LogP contribution in [0.25, 0.3) is 0 Å². The van der Waals surface area contributed by atoms with Gasteiger partial charge in [-0.3, -0.25) is 4.99 Å². The Balaban J connectivity index is 1.97. The minimum absolute atomic E-state index is 0.118. The van der Waals surface area contributed by atoms with Crippen LogP contribution in [0, 0.1) is 0 Å². The van der Waals surface area contributed by atoms with Gasteiger partial charge < -0.3 is 15.3 Å². The smallest absolute Gasteiger partial charge is 0.194 e. The quantitative estimate of drug-likeness (QED) is 0.613. The number of aliphatic imine (C=N–C) groups is 1. The number of aliphatic hydroxyl groups excluding tert-OH is 1. The summed E-state index contributed by atoms with van der Waals surface area (Å²) in [7, 11) is 0. The van der Waals surface area contributed by atoms with Gasteiger partial charge in [0.15, 0.2) is 5.96 Å². The van der Waals surface area contributed by atoms with Crippen LogP contribution in [0.2, 0.25) is 0 Å². The second-order valence-corrected chi connectivity index (χ2v) is 4.42. The zero-order valence-corrected chi connectivity index (χ0v) is 9.45. The van der Waals surface area contributed by atoms with Crippen molar-refractivity contribution < 1.29 is 5.11 Å². The summed E-state index contributed by atoms with van der Waals surface area (Å²) in [5.74, 6) is 0.959. The van der Waals surface area contributed by atoms with Crippen molar-refractivity contribution >= 4 is 5.96 Å². The van der Waals surface area contributed by atoms with Crippen molar-refractivity contribution in [3.63, 3.8) is 0 Å². The van der Waals surface area contributed by atoms with Gasteiger partial charge in [-0.25, -0.2) is 0 Å². The maximum atomic E-state index is 9.01. The Labute approximate surface area is 90.7 Å². The molecule has 0 unspecified atom stereocenters. The molecule has 1 atom stereocenters. The van der Waals surface area contributed by atoms with Crippen molar-refractivity contribution in [1.82, 2.24) is 10.2 Å². The van der Waals surface area contributed by atoms with E-state index in [1.807, 2.05) is 0 Å². The Kier molecular flexibility index (Phi) is 2.95. The van der Waals surface area contributed by atoms with Crippen LogP contribution in [0.5, 0.6) is 0 Å². The molecule has 2 N–H and O–H groups in total. The third-order valence-corrected chi connectivity index (χ3v) is 3.23. The minimum atomic E-state index is 0.118. The van der Waals surface area contributed by atoms with Crippen molar-refractivity contribution in [2.24, 2.45) is 4.99 Å². The fourth-order valence-corrected chi connectivity index (χ4v) is 1.96. The molecule has 0 amide bonds. The SMILES string of the molecule is CC1=C(C)CN(C2=NC[C@@H](CO)N2)CC1. The first kappa shape index (κ1) is 10.5. The Morgan fingerprint density at radius 1 is 1.47 bits per heavy atom. The number of nitrogens with one attached hydrogen (secondary N) is 1. The van der Waals surface area contributed by atoms with Crippen LogP contribution in [0.15, 0.2) is 16.1 Å². The van der Waals surface area contributed by atoms with Gasteiger partial charge in [-0.05, 0) is 20.3 Å². The molecule has 0 saturated carbocycles. The molecule has 0 aromatic rings. The van der Waals surface area contributed by atoms with Crippen molar-refractivity contribution in [2.75, 3.05) is 26.2 Å². The normalized spacial score (nSPS) is 26.7. The predicted molar refractivity (Wildman–Crippen MR) is 60.9 cm³/mol. The van der Waals surface area contributed by atoms with Gasteiger partial charge in [0, 0.05) is 13.1 Å². The molecule has 15 heavy (non-hydrogen) atoms. The van der Waals surface area contributed by atoms with Crippen LogP contribution >= 0.6 is 0 Å². The number of rotatable bonds is 1. The lowest BCUT2D eigenvalue weighted by atomic mass is 10.0. The van der Waals surface area contributed by atoms with E-state index in [4.69, 9.17) is 5.11 Å². The fourth-order valence-electron chi connectivity index (χ4n) is 1.96. The number of nitrogens with zero attached hydrogens (tertiary/aromatic N) is 2. The highest BCUT2D eigenvalue weighted by atomic mass is 16.3. The van der Waals surface area contributed by atoms with Crippen LogP contribution < -0.4 is 5.32 Å². The summed E-state index contributed by atoms with van der Waals surface area (Å²) in [4.78, 5) is 6.68. The van der Waals surface area contributed by atoms with Gasteiger partial charge in [0.25, 0.3) is 0 Å². The van der Waals surface area contributed by atoms with Gasteiger partial charge in [0.2, 0.25) is 0 Å². The summed E-state index contributed by atoms with van der Waals surface area (Å²) in [6.45, 7) is 7.25. The molecule has 4 nitrogen and oxygen atoms in total. The molecule has 4 heteroatoms. The average Bonchev–Trinajstić information content (AvgIpc) is 2.70. The van der Waals surface area contributed by atoms with E-state index in [9.17, 15) is 0 Å². The summed E-state index contributed by atoms with van der Waals surface area (Å²) in [5, 5.41) is 12.3. The summed E-state index contributed by atoms with van der Waals surface area (Å²) in [5.41, 5.74) is 2.95. The highest BCUT2D eigenvalue weighted by Crippen LogP contribution is 2.17. The largest absolute Gasteiger partial charge is 0.394 e. The summed E-state index contributed by atoms with van der Waals surface area (Å²) in [6.07, 6.45) is 1.12. The van der Waals surface area contributed by atoms with Gasteiger partial charge in [0.1, 0.15) is 0 Å². The molecule has 2 rings (SSSR count). The molecule has 2 aliphatic heterocycles. The van der Waals surface area contributed by atoms with Crippen molar-refractivity contribution in [3.05, 3.63) is 11.1 Å². The lowest BCUT2D eigenvalue weighted by Crippen LogP contribution is -2.45. The maximum absolute atomic E-state index is 9.01. The van der Waals surface area contributed by atoms with E-state index in [0.717, 1.165) is 25.5 Å².